The molecule has 118 valence electrons. The van der Waals surface area contributed by atoms with Gasteiger partial charge in [-0.1, -0.05) is 60.7 Å². The average Bonchev–Trinajstić information content (AvgIpc) is 2.43. The lowest BCUT2D eigenvalue weighted by Crippen LogP contribution is -2.40. The van der Waals surface area contributed by atoms with Gasteiger partial charge < -0.3 is 0 Å². The lowest BCUT2D eigenvalue weighted by atomic mass is 9.95. The number of hydrogen-bond donors (Lipinski definition) is 1. The third-order valence-corrected chi connectivity index (χ3v) is 3.49. The monoisotopic (exact) mass is 319 g/mol. The molecule has 0 saturated carbocycles. The van der Waals surface area contributed by atoms with Crippen LogP contribution in [-0.2, 0) is 10.1 Å². The Bertz CT molecular complexity index is 620. The molecule has 0 bridgehead atoms. The second kappa shape index (κ2) is 7.54. The average molecular weight is 319 g/mol. The maximum absolute atomic E-state index is 9.19. The first-order valence-corrected chi connectivity index (χ1v) is 9.06. The Morgan fingerprint density at radius 2 is 1.27 bits per heavy atom. The number of nitrogens with zero attached hydrogens (tertiary/aromatic N) is 1. The molecule has 1 saturated heterocycles. The van der Waals surface area contributed by atoms with Gasteiger partial charge in [-0.05, 0) is 17.5 Å². The van der Waals surface area contributed by atoms with E-state index in [4.69, 9.17) is 4.55 Å². The van der Waals surface area contributed by atoms with Gasteiger partial charge in [-0.15, -0.1) is 0 Å². The van der Waals surface area contributed by atoms with Crippen molar-refractivity contribution in [2.75, 3.05) is 19.3 Å². The molecule has 1 fully saturated rings. The first-order valence-electron chi connectivity index (χ1n) is 7.21. The number of benzene rings is 2. The number of likely N-dealkylation sites (tertiary alicyclic amines) is 1. The highest BCUT2D eigenvalue weighted by atomic mass is 32.2. The van der Waals surface area contributed by atoms with Crippen LogP contribution < -0.4 is 0 Å². The minimum Gasteiger partial charge on any atom is -0.292 e. The van der Waals surface area contributed by atoms with Gasteiger partial charge in [-0.3, -0.25) is 9.45 Å². The normalized spacial score (nSPS) is 14.9. The smallest absolute Gasteiger partial charge is 0.261 e. The second-order valence-corrected chi connectivity index (χ2v) is 6.81. The molecule has 1 heterocycles. The molecule has 0 atom stereocenters. The van der Waals surface area contributed by atoms with Crippen LogP contribution in [0.25, 0.3) is 0 Å². The zero-order chi connectivity index (χ0) is 16.0. The number of hydrogen-bond acceptors (Lipinski definition) is 3. The molecular weight excluding hydrogens is 298 g/mol. The van der Waals surface area contributed by atoms with E-state index in [1.54, 1.807) is 0 Å². The van der Waals surface area contributed by atoms with Crippen molar-refractivity contribution in [1.82, 2.24) is 4.90 Å². The van der Waals surface area contributed by atoms with E-state index in [1.807, 2.05) is 0 Å². The highest BCUT2D eigenvalue weighted by Crippen LogP contribution is 2.31. The molecule has 0 radical (unpaired) electrons. The largest absolute Gasteiger partial charge is 0.292 e. The summed E-state index contributed by atoms with van der Waals surface area (Å²) >= 11 is 0. The molecular formula is C17H21NO3S. The molecule has 0 aliphatic carbocycles. The van der Waals surface area contributed by atoms with Crippen LogP contribution in [0.3, 0.4) is 0 Å². The van der Waals surface area contributed by atoms with E-state index in [2.05, 4.69) is 65.6 Å². The van der Waals surface area contributed by atoms with E-state index in [0.29, 0.717) is 12.3 Å². The van der Waals surface area contributed by atoms with Crippen LogP contribution in [0.2, 0.25) is 0 Å². The summed E-state index contributed by atoms with van der Waals surface area (Å²) in [5, 5.41) is 0. The van der Waals surface area contributed by atoms with Crippen molar-refractivity contribution in [3.63, 3.8) is 0 Å². The molecule has 22 heavy (non-hydrogen) atoms. The Hall–Kier alpha value is -1.69. The predicted molar refractivity (Wildman–Crippen MR) is 88.4 cm³/mol. The lowest BCUT2D eigenvalue weighted by Gasteiger charge is -2.39. The molecule has 2 aromatic rings. The molecule has 1 N–H and O–H groups in total. The van der Waals surface area contributed by atoms with Gasteiger partial charge in [0.2, 0.25) is 0 Å². The summed E-state index contributed by atoms with van der Waals surface area (Å²) in [7, 11) is -3.67. The molecule has 2 aromatic carbocycles. The van der Waals surface area contributed by atoms with Crippen molar-refractivity contribution in [3.05, 3.63) is 71.8 Å². The summed E-state index contributed by atoms with van der Waals surface area (Å²) in [4.78, 5) is 2.55. The molecule has 0 unspecified atom stereocenters. The summed E-state index contributed by atoms with van der Waals surface area (Å²) in [6.07, 6.45) is 2.04. The minimum absolute atomic E-state index is 0.436. The highest BCUT2D eigenvalue weighted by molar-refractivity contribution is 7.85. The van der Waals surface area contributed by atoms with Crippen LogP contribution in [0.1, 0.15) is 23.6 Å². The zero-order valence-corrected chi connectivity index (χ0v) is 13.4. The van der Waals surface area contributed by atoms with Crippen LogP contribution >= 0.6 is 0 Å². The van der Waals surface area contributed by atoms with Gasteiger partial charge in [0.05, 0.1) is 12.3 Å². The Labute approximate surface area is 132 Å². The summed E-state index contributed by atoms with van der Waals surface area (Å²) < 4.78 is 25.9. The van der Waals surface area contributed by atoms with Crippen LogP contribution in [0.15, 0.2) is 60.7 Å². The first-order chi connectivity index (χ1) is 10.4. The maximum atomic E-state index is 9.19. The molecule has 1 aliphatic heterocycles. The summed E-state index contributed by atoms with van der Waals surface area (Å²) in [5.41, 5.74) is 2.80. The topological polar surface area (TPSA) is 57.6 Å². The maximum Gasteiger partial charge on any atom is 0.261 e. The van der Waals surface area contributed by atoms with Crippen LogP contribution in [0.5, 0.6) is 0 Å². The predicted octanol–water partition coefficient (Wildman–Crippen LogP) is 2.99. The zero-order valence-electron chi connectivity index (χ0n) is 12.6. The van der Waals surface area contributed by atoms with E-state index < -0.39 is 10.1 Å². The highest BCUT2D eigenvalue weighted by Gasteiger charge is 2.26. The Morgan fingerprint density at radius 1 is 0.909 bits per heavy atom. The van der Waals surface area contributed by atoms with E-state index in [9.17, 15) is 8.42 Å². The standard InChI is InChI=1S/C16H17N.CH4O3S/c1-3-8-14(9-4-1)16(17-12-7-13-17)15-10-5-2-6-11-15;1-5(2,3)4/h1-6,8-11,16H,7,12-13H2;1H3,(H,2,3,4). The fourth-order valence-electron chi connectivity index (χ4n) is 2.48. The van der Waals surface area contributed by atoms with Crippen molar-refractivity contribution < 1.29 is 13.0 Å². The van der Waals surface area contributed by atoms with Crippen molar-refractivity contribution in [3.8, 4) is 0 Å². The van der Waals surface area contributed by atoms with Gasteiger partial charge >= 0.3 is 0 Å². The van der Waals surface area contributed by atoms with Crippen molar-refractivity contribution in [1.29, 1.82) is 0 Å². The molecule has 0 amide bonds. The summed E-state index contributed by atoms with van der Waals surface area (Å²) in [6, 6.07) is 22.1. The van der Waals surface area contributed by atoms with Gasteiger partial charge in [0, 0.05) is 13.1 Å². The second-order valence-electron chi connectivity index (χ2n) is 5.35. The van der Waals surface area contributed by atoms with E-state index in [-0.39, 0.29) is 0 Å². The van der Waals surface area contributed by atoms with Gasteiger partial charge in [-0.2, -0.15) is 8.42 Å². The van der Waals surface area contributed by atoms with Crippen LogP contribution in [0, 0.1) is 0 Å². The fraction of sp³-hybridized carbons (Fsp3) is 0.294. The minimum atomic E-state index is -3.67. The Kier molecular flexibility index (Phi) is 5.71. The van der Waals surface area contributed by atoms with E-state index >= 15 is 0 Å². The molecule has 4 nitrogen and oxygen atoms in total. The third-order valence-electron chi connectivity index (χ3n) is 3.49. The summed E-state index contributed by atoms with van der Waals surface area (Å²) in [6.45, 7) is 2.43. The summed E-state index contributed by atoms with van der Waals surface area (Å²) in [5.74, 6) is 0. The first kappa shape index (κ1) is 16.7. The number of rotatable bonds is 3. The Balaban J connectivity index is 0.000000309. The van der Waals surface area contributed by atoms with E-state index in [0.717, 1.165) is 0 Å². The van der Waals surface area contributed by atoms with Crippen molar-refractivity contribution >= 4 is 10.1 Å². The molecule has 5 heteroatoms. The van der Waals surface area contributed by atoms with Crippen molar-refractivity contribution in [2.24, 2.45) is 0 Å². The molecule has 3 rings (SSSR count). The molecule has 1 aliphatic rings. The third kappa shape index (κ3) is 5.26. The van der Waals surface area contributed by atoms with Gasteiger partial charge in [0.15, 0.2) is 0 Å². The van der Waals surface area contributed by atoms with Crippen molar-refractivity contribution in [2.45, 2.75) is 12.5 Å². The molecule has 0 aromatic heterocycles. The Morgan fingerprint density at radius 3 is 1.55 bits per heavy atom. The fourth-order valence-corrected chi connectivity index (χ4v) is 2.48. The van der Waals surface area contributed by atoms with Crippen LogP contribution in [-0.4, -0.2) is 37.2 Å². The van der Waals surface area contributed by atoms with Gasteiger partial charge in [0.25, 0.3) is 10.1 Å². The van der Waals surface area contributed by atoms with Gasteiger partial charge in [-0.25, -0.2) is 0 Å². The molecule has 0 spiro atoms. The van der Waals surface area contributed by atoms with Gasteiger partial charge in [0.1, 0.15) is 0 Å². The quantitative estimate of drug-likeness (QED) is 0.884. The lowest BCUT2D eigenvalue weighted by molar-refractivity contribution is 0.140. The van der Waals surface area contributed by atoms with Crippen LogP contribution in [0.4, 0.5) is 0 Å². The SMILES string of the molecule is CS(=O)(=O)O.c1ccc(C(c2ccccc2)N2CCC2)cc1. The van der Waals surface area contributed by atoms with E-state index in [1.165, 1.54) is 30.6 Å².